The second-order valence-electron chi connectivity index (χ2n) is 7.80. The number of nitrogens with zero attached hydrogens (tertiary/aromatic N) is 4. The number of rotatable bonds is 9. The van der Waals surface area contributed by atoms with Crippen molar-refractivity contribution >= 4 is 11.9 Å². The predicted molar refractivity (Wildman–Crippen MR) is 124 cm³/mol. The third-order valence-corrected chi connectivity index (χ3v) is 5.56. The van der Waals surface area contributed by atoms with Gasteiger partial charge in [-0.05, 0) is 23.8 Å². The molecule has 0 spiro atoms. The highest BCUT2D eigenvalue weighted by molar-refractivity contribution is 5.80. The van der Waals surface area contributed by atoms with Gasteiger partial charge in [0.05, 0.1) is 45.8 Å². The van der Waals surface area contributed by atoms with E-state index in [2.05, 4.69) is 20.9 Å². The van der Waals surface area contributed by atoms with Gasteiger partial charge < -0.3 is 23.8 Å². The molecule has 1 aromatic carbocycles. The molecule has 3 heterocycles. The van der Waals surface area contributed by atoms with E-state index in [1.165, 1.54) is 0 Å². The van der Waals surface area contributed by atoms with Crippen LogP contribution in [0.5, 0.6) is 11.6 Å². The number of methoxy groups -OCH3 is 1. The van der Waals surface area contributed by atoms with Crippen molar-refractivity contribution < 1.29 is 18.9 Å². The number of hydrogen-bond acceptors (Lipinski definition) is 8. The molecule has 172 valence electrons. The summed E-state index contributed by atoms with van der Waals surface area (Å²) < 4.78 is 22.3. The largest absolute Gasteiger partial charge is 0.497 e. The lowest BCUT2D eigenvalue weighted by atomic mass is 10.2. The van der Waals surface area contributed by atoms with E-state index in [-0.39, 0.29) is 0 Å². The number of ether oxygens (including phenoxy) is 4. The minimum Gasteiger partial charge on any atom is -0.497 e. The first kappa shape index (κ1) is 22.5. The molecule has 0 amide bonds. The fourth-order valence-corrected chi connectivity index (χ4v) is 3.77. The molecule has 0 atom stereocenters. The van der Waals surface area contributed by atoms with Gasteiger partial charge in [-0.1, -0.05) is 12.1 Å². The van der Waals surface area contributed by atoms with Crippen LogP contribution in [-0.4, -0.2) is 89.0 Å². The van der Waals surface area contributed by atoms with Gasteiger partial charge in [0, 0.05) is 50.7 Å². The van der Waals surface area contributed by atoms with Gasteiger partial charge in [0.1, 0.15) is 12.4 Å². The Balaban J connectivity index is 1.43. The molecule has 0 aliphatic carbocycles. The third-order valence-electron chi connectivity index (χ3n) is 5.56. The Morgan fingerprint density at radius 3 is 2.59 bits per heavy atom. The lowest BCUT2D eigenvalue weighted by Crippen LogP contribution is -2.38. The summed E-state index contributed by atoms with van der Waals surface area (Å²) in [6.07, 6.45) is 1.85. The van der Waals surface area contributed by atoms with Crippen molar-refractivity contribution in [2.75, 3.05) is 77.8 Å². The maximum Gasteiger partial charge on any atom is 0.215 e. The number of benzene rings is 1. The second-order valence-corrected chi connectivity index (χ2v) is 7.80. The second kappa shape index (κ2) is 11.8. The van der Waals surface area contributed by atoms with Crippen molar-refractivity contribution in [3.05, 3.63) is 47.7 Å². The van der Waals surface area contributed by atoms with Gasteiger partial charge in [0.15, 0.2) is 0 Å². The van der Waals surface area contributed by atoms with Gasteiger partial charge >= 0.3 is 0 Å². The number of pyridine rings is 1. The van der Waals surface area contributed by atoms with E-state index in [9.17, 15) is 0 Å². The highest BCUT2D eigenvalue weighted by Crippen LogP contribution is 2.23. The lowest BCUT2D eigenvalue weighted by Gasteiger charge is -2.29. The first-order valence-corrected chi connectivity index (χ1v) is 11.2. The molecule has 2 aliphatic heterocycles. The van der Waals surface area contributed by atoms with Crippen molar-refractivity contribution in [3.63, 3.8) is 0 Å². The Labute approximate surface area is 189 Å². The molecule has 0 saturated carbocycles. The van der Waals surface area contributed by atoms with Gasteiger partial charge in [-0.3, -0.25) is 9.89 Å². The summed E-state index contributed by atoms with van der Waals surface area (Å²) in [7, 11) is 1.66. The molecular formula is C24H32N4O4. The van der Waals surface area contributed by atoms with Crippen molar-refractivity contribution in [3.8, 4) is 11.6 Å². The summed E-state index contributed by atoms with van der Waals surface area (Å²) in [5, 5.41) is 0. The Hall–Kier alpha value is -2.68. The highest BCUT2D eigenvalue weighted by Gasteiger charge is 2.15. The lowest BCUT2D eigenvalue weighted by molar-refractivity contribution is 0.0320. The van der Waals surface area contributed by atoms with E-state index in [0.29, 0.717) is 19.0 Å². The molecule has 32 heavy (non-hydrogen) atoms. The number of aromatic nitrogens is 1. The van der Waals surface area contributed by atoms with Crippen LogP contribution in [0.25, 0.3) is 0 Å². The third kappa shape index (κ3) is 6.66. The van der Waals surface area contributed by atoms with Crippen LogP contribution in [0.1, 0.15) is 11.3 Å². The molecule has 2 aromatic rings. The SMILES string of the molecule is COc1cccc(C=NCc2cc(N3CCOCC3)cc(OCCN3CCOCC3)n2)c1. The maximum absolute atomic E-state index is 6.06. The van der Waals surface area contributed by atoms with Crippen LogP contribution in [0, 0.1) is 0 Å². The summed E-state index contributed by atoms with van der Waals surface area (Å²) in [5.74, 6) is 1.46. The average molecular weight is 441 g/mol. The van der Waals surface area contributed by atoms with Crippen LogP contribution < -0.4 is 14.4 Å². The summed E-state index contributed by atoms with van der Waals surface area (Å²) in [5.41, 5.74) is 2.99. The smallest absolute Gasteiger partial charge is 0.215 e. The number of aliphatic imine (C=N–C) groups is 1. The zero-order valence-corrected chi connectivity index (χ0v) is 18.7. The summed E-state index contributed by atoms with van der Waals surface area (Å²) >= 11 is 0. The Morgan fingerprint density at radius 2 is 1.81 bits per heavy atom. The maximum atomic E-state index is 6.06. The molecule has 0 radical (unpaired) electrons. The van der Waals surface area contributed by atoms with Gasteiger partial charge in [-0.15, -0.1) is 0 Å². The molecule has 4 rings (SSSR count). The quantitative estimate of drug-likeness (QED) is 0.554. The molecule has 8 heteroatoms. The number of hydrogen-bond donors (Lipinski definition) is 0. The van der Waals surface area contributed by atoms with E-state index in [1.807, 2.05) is 36.5 Å². The summed E-state index contributed by atoms with van der Waals surface area (Å²) in [6, 6.07) is 12.0. The zero-order chi connectivity index (χ0) is 22.0. The number of anilines is 1. The molecule has 0 unspecified atom stereocenters. The normalized spacial score (nSPS) is 17.6. The van der Waals surface area contributed by atoms with Crippen LogP contribution in [-0.2, 0) is 16.0 Å². The minimum absolute atomic E-state index is 0.481. The fourth-order valence-electron chi connectivity index (χ4n) is 3.77. The van der Waals surface area contributed by atoms with Gasteiger partial charge in [-0.2, -0.15) is 0 Å². The van der Waals surface area contributed by atoms with Crippen molar-refractivity contribution in [1.29, 1.82) is 0 Å². The average Bonchev–Trinajstić information content (AvgIpc) is 2.85. The highest BCUT2D eigenvalue weighted by atomic mass is 16.5. The fraction of sp³-hybridized carbons (Fsp3) is 0.500. The Morgan fingerprint density at radius 1 is 1.03 bits per heavy atom. The first-order valence-electron chi connectivity index (χ1n) is 11.2. The standard InChI is InChI=1S/C24H32N4O4/c1-29-23-4-2-3-20(15-23)18-25-19-21-16-22(28-8-12-31-13-9-28)17-24(26-21)32-14-7-27-5-10-30-11-6-27/h2-4,15-18H,5-14,19H2,1H3. The van der Waals surface area contributed by atoms with E-state index < -0.39 is 0 Å². The van der Waals surface area contributed by atoms with Gasteiger partial charge in [0.2, 0.25) is 5.88 Å². The Kier molecular flexibility index (Phi) is 8.30. The summed E-state index contributed by atoms with van der Waals surface area (Å²) in [4.78, 5) is 14.0. The van der Waals surface area contributed by atoms with E-state index in [1.54, 1.807) is 7.11 Å². The molecule has 8 nitrogen and oxygen atoms in total. The van der Waals surface area contributed by atoms with Crippen LogP contribution >= 0.6 is 0 Å². The number of morpholine rings is 2. The zero-order valence-electron chi connectivity index (χ0n) is 18.7. The molecule has 1 aromatic heterocycles. The van der Waals surface area contributed by atoms with Crippen LogP contribution in [0.3, 0.4) is 0 Å². The van der Waals surface area contributed by atoms with Crippen molar-refractivity contribution in [1.82, 2.24) is 9.88 Å². The Bertz CT molecular complexity index is 880. The van der Waals surface area contributed by atoms with Gasteiger partial charge in [0.25, 0.3) is 0 Å². The minimum atomic E-state index is 0.481. The summed E-state index contributed by atoms with van der Waals surface area (Å²) in [6.45, 7) is 8.65. The van der Waals surface area contributed by atoms with Crippen LogP contribution in [0.4, 0.5) is 5.69 Å². The van der Waals surface area contributed by atoms with E-state index in [0.717, 1.165) is 81.8 Å². The molecular weight excluding hydrogens is 408 g/mol. The monoisotopic (exact) mass is 440 g/mol. The molecule has 2 aliphatic rings. The van der Waals surface area contributed by atoms with Crippen molar-refractivity contribution in [2.24, 2.45) is 4.99 Å². The van der Waals surface area contributed by atoms with Crippen molar-refractivity contribution in [2.45, 2.75) is 6.54 Å². The van der Waals surface area contributed by atoms with E-state index >= 15 is 0 Å². The first-order chi connectivity index (χ1) is 15.8. The predicted octanol–water partition coefficient (Wildman–Crippen LogP) is 2.26. The van der Waals surface area contributed by atoms with Crippen LogP contribution in [0.15, 0.2) is 41.4 Å². The molecule has 2 fully saturated rings. The molecule has 0 N–H and O–H groups in total. The molecule has 2 saturated heterocycles. The van der Waals surface area contributed by atoms with Crippen LogP contribution in [0.2, 0.25) is 0 Å². The van der Waals surface area contributed by atoms with E-state index in [4.69, 9.17) is 23.9 Å². The van der Waals surface area contributed by atoms with Gasteiger partial charge in [-0.25, -0.2) is 4.98 Å². The topological polar surface area (TPSA) is 68.7 Å². The molecule has 0 bridgehead atoms.